The normalized spacial score (nSPS) is 9.81. The highest BCUT2D eigenvalue weighted by Crippen LogP contribution is 2.29. The van der Waals surface area contributed by atoms with E-state index >= 15 is 0 Å². The van der Waals surface area contributed by atoms with Crippen molar-refractivity contribution in [3.05, 3.63) is 53.3 Å². The predicted octanol–water partition coefficient (Wildman–Crippen LogP) is 3.29. The second-order valence-corrected chi connectivity index (χ2v) is 4.20. The topological polar surface area (TPSA) is 51.5 Å². The lowest BCUT2D eigenvalue weighted by molar-refractivity contribution is 0.277. The quantitative estimate of drug-likeness (QED) is 0.846. The maximum Gasteiger partial charge on any atom is 0.171 e. The van der Waals surface area contributed by atoms with E-state index in [-0.39, 0.29) is 12.4 Å². The van der Waals surface area contributed by atoms with Crippen LogP contribution in [-0.2, 0) is 6.61 Å². The molecule has 2 aromatic carbocycles. The molecule has 0 aliphatic carbocycles. The van der Waals surface area contributed by atoms with Crippen molar-refractivity contribution >= 4 is 0 Å². The Labute approximate surface area is 122 Å². The maximum atomic E-state index is 14.0. The van der Waals surface area contributed by atoms with Gasteiger partial charge in [0.2, 0.25) is 0 Å². The lowest BCUT2D eigenvalue weighted by Crippen LogP contribution is -2.01. The number of ether oxygens (including phenoxy) is 3. The van der Waals surface area contributed by atoms with Crippen molar-refractivity contribution in [1.29, 1.82) is 5.26 Å². The summed E-state index contributed by atoms with van der Waals surface area (Å²) in [5.74, 6) is 0.589. The van der Waals surface area contributed by atoms with Gasteiger partial charge < -0.3 is 14.2 Å². The van der Waals surface area contributed by atoms with Gasteiger partial charge in [-0.05, 0) is 18.2 Å². The molecule has 4 nitrogen and oxygen atoms in total. The van der Waals surface area contributed by atoms with Crippen molar-refractivity contribution in [2.24, 2.45) is 0 Å². The average Bonchev–Trinajstić information content (AvgIpc) is 2.53. The van der Waals surface area contributed by atoms with Crippen LogP contribution in [0.25, 0.3) is 0 Å². The first kappa shape index (κ1) is 14.7. The van der Waals surface area contributed by atoms with E-state index in [1.807, 2.05) is 6.07 Å². The molecule has 0 amide bonds. The molecule has 0 radical (unpaired) electrons. The van der Waals surface area contributed by atoms with Crippen LogP contribution in [0.2, 0.25) is 0 Å². The zero-order chi connectivity index (χ0) is 15.2. The monoisotopic (exact) mass is 287 g/mol. The molecular formula is C16H14FNO3. The van der Waals surface area contributed by atoms with Gasteiger partial charge in [-0.1, -0.05) is 12.1 Å². The molecule has 2 aromatic rings. The molecule has 0 heterocycles. The van der Waals surface area contributed by atoms with Crippen LogP contribution in [0.5, 0.6) is 17.2 Å². The summed E-state index contributed by atoms with van der Waals surface area (Å²) in [5, 5.41) is 8.84. The Balaban J connectivity index is 2.19. The second kappa shape index (κ2) is 6.62. The SMILES string of the molecule is COc1cc(C#N)ccc1OCc1cccc(OC)c1F. The first-order valence-electron chi connectivity index (χ1n) is 6.22. The molecule has 108 valence electrons. The van der Waals surface area contributed by atoms with Crippen LogP contribution < -0.4 is 14.2 Å². The fourth-order valence-electron chi connectivity index (χ4n) is 1.84. The number of nitrogens with zero attached hydrogens (tertiary/aromatic N) is 1. The molecule has 0 spiro atoms. The first-order chi connectivity index (χ1) is 10.2. The van der Waals surface area contributed by atoms with Gasteiger partial charge in [0.25, 0.3) is 0 Å². The Morgan fingerprint density at radius 3 is 2.48 bits per heavy atom. The van der Waals surface area contributed by atoms with E-state index < -0.39 is 5.82 Å². The number of hydrogen-bond donors (Lipinski definition) is 0. The van der Waals surface area contributed by atoms with Gasteiger partial charge in [-0.2, -0.15) is 5.26 Å². The lowest BCUT2D eigenvalue weighted by Gasteiger charge is -2.12. The summed E-state index contributed by atoms with van der Waals surface area (Å²) in [6.45, 7) is 0.0330. The van der Waals surface area contributed by atoms with E-state index in [4.69, 9.17) is 19.5 Å². The Morgan fingerprint density at radius 2 is 1.81 bits per heavy atom. The summed E-state index contributed by atoms with van der Waals surface area (Å²) in [6, 6.07) is 11.7. The minimum atomic E-state index is -0.451. The highest BCUT2D eigenvalue weighted by Gasteiger charge is 2.11. The van der Waals surface area contributed by atoms with Crippen molar-refractivity contribution < 1.29 is 18.6 Å². The largest absolute Gasteiger partial charge is 0.494 e. The molecule has 0 atom stereocenters. The van der Waals surface area contributed by atoms with Crippen LogP contribution in [-0.4, -0.2) is 14.2 Å². The molecule has 0 fully saturated rings. The molecule has 0 saturated carbocycles. The van der Waals surface area contributed by atoms with E-state index in [2.05, 4.69) is 0 Å². The van der Waals surface area contributed by atoms with E-state index in [1.165, 1.54) is 14.2 Å². The third-order valence-electron chi connectivity index (χ3n) is 2.94. The minimum Gasteiger partial charge on any atom is -0.494 e. The van der Waals surface area contributed by atoms with Crippen molar-refractivity contribution in [2.45, 2.75) is 6.61 Å². The van der Waals surface area contributed by atoms with E-state index in [9.17, 15) is 4.39 Å². The molecule has 0 bridgehead atoms. The van der Waals surface area contributed by atoms with Gasteiger partial charge in [-0.3, -0.25) is 0 Å². The van der Waals surface area contributed by atoms with E-state index in [0.29, 0.717) is 22.6 Å². The van der Waals surface area contributed by atoms with E-state index in [0.717, 1.165) is 0 Å². The molecule has 0 N–H and O–H groups in total. The van der Waals surface area contributed by atoms with Crippen LogP contribution in [0.3, 0.4) is 0 Å². The summed E-state index contributed by atoms with van der Waals surface area (Å²) >= 11 is 0. The molecule has 0 unspecified atom stereocenters. The standard InChI is InChI=1S/C16H14FNO3/c1-19-14-5-3-4-12(16(14)17)10-21-13-7-6-11(9-18)8-15(13)20-2/h3-8H,10H2,1-2H3. The van der Waals surface area contributed by atoms with Crippen molar-refractivity contribution in [3.8, 4) is 23.3 Å². The van der Waals surface area contributed by atoms with Crippen LogP contribution >= 0.6 is 0 Å². The molecule has 21 heavy (non-hydrogen) atoms. The van der Waals surface area contributed by atoms with Crippen molar-refractivity contribution in [3.63, 3.8) is 0 Å². The molecule has 0 saturated heterocycles. The molecule has 0 aliphatic heterocycles. The summed E-state index contributed by atoms with van der Waals surface area (Å²) in [7, 11) is 2.89. The van der Waals surface area contributed by atoms with Crippen LogP contribution in [0.1, 0.15) is 11.1 Å². The van der Waals surface area contributed by atoms with Crippen LogP contribution in [0, 0.1) is 17.1 Å². The zero-order valence-corrected chi connectivity index (χ0v) is 11.7. The fraction of sp³-hybridized carbons (Fsp3) is 0.188. The van der Waals surface area contributed by atoms with Crippen LogP contribution in [0.4, 0.5) is 4.39 Å². The van der Waals surface area contributed by atoms with Crippen molar-refractivity contribution in [1.82, 2.24) is 0 Å². The summed E-state index contributed by atoms with van der Waals surface area (Å²) in [6.07, 6.45) is 0. The summed E-state index contributed by atoms with van der Waals surface area (Å²) < 4.78 is 29.6. The third-order valence-corrected chi connectivity index (χ3v) is 2.94. The van der Waals surface area contributed by atoms with Gasteiger partial charge in [0.1, 0.15) is 6.61 Å². The maximum absolute atomic E-state index is 14.0. The highest BCUT2D eigenvalue weighted by atomic mass is 19.1. The average molecular weight is 287 g/mol. The molecule has 0 aromatic heterocycles. The summed E-state index contributed by atoms with van der Waals surface area (Å²) in [4.78, 5) is 0. The predicted molar refractivity (Wildman–Crippen MR) is 75.0 cm³/mol. The number of methoxy groups -OCH3 is 2. The molecule has 5 heteroatoms. The molecule has 2 rings (SSSR count). The fourth-order valence-corrected chi connectivity index (χ4v) is 1.84. The zero-order valence-electron chi connectivity index (χ0n) is 11.7. The Bertz CT molecular complexity index is 680. The number of benzene rings is 2. The van der Waals surface area contributed by atoms with Gasteiger partial charge in [0, 0.05) is 11.6 Å². The van der Waals surface area contributed by atoms with Crippen LogP contribution in [0.15, 0.2) is 36.4 Å². The van der Waals surface area contributed by atoms with Gasteiger partial charge in [-0.15, -0.1) is 0 Å². The minimum absolute atomic E-state index is 0.0330. The third kappa shape index (κ3) is 3.23. The number of nitriles is 1. The first-order valence-corrected chi connectivity index (χ1v) is 6.22. The Morgan fingerprint density at radius 1 is 1.05 bits per heavy atom. The molecular weight excluding hydrogens is 273 g/mol. The lowest BCUT2D eigenvalue weighted by atomic mass is 10.2. The van der Waals surface area contributed by atoms with Gasteiger partial charge >= 0.3 is 0 Å². The van der Waals surface area contributed by atoms with E-state index in [1.54, 1.807) is 36.4 Å². The molecule has 0 aliphatic rings. The van der Waals surface area contributed by atoms with Crippen molar-refractivity contribution in [2.75, 3.05) is 14.2 Å². The number of rotatable bonds is 5. The second-order valence-electron chi connectivity index (χ2n) is 4.20. The number of hydrogen-bond acceptors (Lipinski definition) is 4. The highest BCUT2D eigenvalue weighted by molar-refractivity contribution is 5.46. The van der Waals surface area contributed by atoms with Gasteiger partial charge in [0.05, 0.1) is 25.9 Å². The Kier molecular flexibility index (Phi) is 4.62. The Hall–Kier alpha value is -2.74. The summed E-state index contributed by atoms with van der Waals surface area (Å²) in [5.41, 5.74) is 0.840. The van der Waals surface area contributed by atoms with Gasteiger partial charge in [0.15, 0.2) is 23.1 Å². The number of halogens is 1. The smallest absolute Gasteiger partial charge is 0.171 e. The van der Waals surface area contributed by atoms with Gasteiger partial charge in [-0.25, -0.2) is 4.39 Å².